The fourth-order valence-electron chi connectivity index (χ4n) is 4.21. The number of carbonyl (C=O) groups is 1. The third kappa shape index (κ3) is 4.90. The molecular weight excluding hydrogens is 392 g/mol. The minimum absolute atomic E-state index is 0.195. The maximum absolute atomic E-state index is 12.8. The van der Waals surface area contributed by atoms with Gasteiger partial charge in [-0.25, -0.2) is 4.79 Å². The second kappa shape index (κ2) is 9.51. The number of rotatable bonds is 8. The van der Waals surface area contributed by atoms with Gasteiger partial charge in [0.25, 0.3) is 0 Å². The van der Waals surface area contributed by atoms with Crippen LogP contribution in [-0.2, 0) is 13.1 Å². The van der Waals surface area contributed by atoms with Crippen molar-refractivity contribution in [2.45, 2.75) is 58.7 Å². The van der Waals surface area contributed by atoms with E-state index in [9.17, 15) is 4.79 Å². The summed E-state index contributed by atoms with van der Waals surface area (Å²) < 4.78 is 5.66. The number of unbranched alkanes of at least 4 members (excludes halogenated alkanes) is 1. The zero-order valence-corrected chi connectivity index (χ0v) is 18.4. The molecule has 2 aromatic rings. The Balaban J connectivity index is 1.51. The van der Waals surface area contributed by atoms with Gasteiger partial charge in [0.1, 0.15) is 5.69 Å². The zero-order chi connectivity index (χ0) is 21.8. The molecule has 0 radical (unpaired) electrons. The zero-order valence-electron chi connectivity index (χ0n) is 18.4. The van der Waals surface area contributed by atoms with E-state index in [1.165, 1.54) is 18.4 Å². The molecule has 0 aliphatic carbocycles. The second-order valence-electron chi connectivity index (χ2n) is 8.39. The van der Waals surface area contributed by atoms with Gasteiger partial charge in [-0.2, -0.15) is 9.97 Å². The summed E-state index contributed by atoms with van der Waals surface area (Å²) in [6.07, 6.45) is 4.50. The Kier molecular flexibility index (Phi) is 6.56. The number of nitrogens with zero attached hydrogens (tertiary/aromatic N) is 4. The monoisotopic (exact) mass is 424 g/mol. The van der Waals surface area contributed by atoms with Gasteiger partial charge < -0.3 is 20.7 Å². The smallest absolute Gasteiger partial charge is 0.322 e. The van der Waals surface area contributed by atoms with Crippen molar-refractivity contribution in [1.82, 2.24) is 19.8 Å². The van der Waals surface area contributed by atoms with Crippen molar-refractivity contribution in [3.63, 3.8) is 0 Å². The van der Waals surface area contributed by atoms with Gasteiger partial charge in [0.05, 0.1) is 18.3 Å². The Hall–Kier alpha value is -2.87. The predicted octanol–water partition coefficient (Wildman–Crippen LogP) is 3.94. The quantitative estimate of drug-likeness (QED) is 0.623. The van der Waals surface area contributed by atoms with E-state index in [1.807, 2.05) is 6.92 Å². The summed E-state index contributed by atoms with van der Waals surface area (Å²) in [5, 5.41) is 2.87. The number of hydrogen-bond donors (Lipinski definition) is 2. The first kappa shape index (κ1) is 21.4. The van der Waals surface area contributed by atoms with Crippen LogP contribution in [0, 0.1) is 0 Å². The summed E-state index contributed by atoms with van der Waals surface area (Å²) in [5.74, 6) is 0.240. The number of amides is 2. The summed E-state index contributed by atoms with van der Waals surface area (Å²) >= 11 is 0. The summed E-state index contributed by atoms with van der Waals surface area (Å²) in [6, 6.07) is 8.31. The molecule has 1 saturated heterocycles. The van der Waals surface area contributed by atoms with Gasteiger partial charge in [0.15, 0.2) is 5.82 Å². The number of nitrogen functional groups attached to an aromatic ring is 1. The molecule has 2 amide bonds. The number of anilines is 2. The molecule has 1 aromatic heterocycles. The number of fused-ring (bicyclic) bond motifs is 1. The molecule has 0 unspecified atom stereocenters. The Morgan fingerprint density at radius 3 is 2.68 bits per heavy atom. The standard InChI is InChI=1S/C23H32N6O2/c1-3-4-12-31-22-25-19-16(2)29(23(30)26-20(19)21(24)27-22)15-18-9-7-8-17(13-18)14-28-10-5-6-11-28/h7-9,13,16H,3-6,10-12,14-15H2,1-2H3,(H,26,30)(H2,24,25,27)/t16-/m1/s1. The number of ether oxygens (including phenoxy) is 1. The molecule has 0 spiro atoms. The minimum Gasteiger partial charge on any atom is -0.463 e. The SMILES string of the molecule is CCCCOc1nc(N)c2c(n1)[C@@H](C)N(Cc1cccc(CN3CCCC3)c1)C(=O)N2. The molecule has 1 fully saturated rings. The lowest BCUT2D eigenvalue weighted by molar-refractivity contribution is 0.183. The highest BCUT2D eigenvalue weighted by atomic mass is 16.5. The summed E-state index contributed by atoms with van der Waals surface area (Å²) in [7, 11) is 0. The lowest BCUT2D eigenvalue weighted by Gasteiger charge is -2.35. The summed E-state index contributed by atoms with van der Waals surface area (Å²) in [5.41, 5.74) is 9.65. The van der Waals surface area contributed by atoms with Gasteiger partial charge >= 0.3 is 12.0 Å². The van der Waals surface area contributed by atoms with E-state index >= 15 is 0 Å². The van der Waals surface area contributed by atoms with Crippen LogP contribution in [0.15, 0.2) is 24.3 Å². The lowest BCUT2D eigenvalue weighted by Crippen LogP contribution is -2.41. The molecule has 1 atom stereocenters. The van der Waals surface area contributed by atoms with Crippen LogP contribution in [0.2, 0.25) is 0 Å². The van der Waals surface area contributed by atoms with E-state index in [1.54, 1.807) is 4.90 Å². The van der Waals surface area contributed by atoms with Gasteiger partial charge in [-0.3, -0.25) is 4.90 Å². The van der Waals surface area contributed by atoms with E-state index in [2.05, 4.69) is 51.4 Å². The van der Waals surface area contributed by atoms with E-state index in [0.717, 1.165) is 38.0 Å². The van der Waals surface area contributed by atoms with Crippen molar-refractivity contribution in [3.8, 4) is 6.01 Å². The largest absolute Gasteiger partial charge is 0.463 e. The van der Waals surface area contributed by atoms with Crippen LogP contribution < -0.4 is 15.8 Å². The van der Waals surface area contributed by atoms with Crippen molar-refractivity contribution in [2.75, 3.05) is 30.7 Å². The Morgan fingerprint density at radius 2 is 1.94 bits per heavy atom. The van der Waals surface area contributed by atoms with Crippen LogP contribution in [-0.4, -0.2) is 45.5 Å². The Bertz CT molecular complexity index is 928. The lowest BCUT2D eigenvalue weighted by atomic mass is 10.1. The van der Waals surface area contributed by atoms with Crippen molar-refractivity contribution in [2.24, 2.45) is 0 Å². The summed E-state index contributed by atoms with van der Waals surface area (Å²) in [4.78, 5) is 25.9. The highest BCUT2D eigenvalue weighted by molar-refractivity contribution is 5.95. The van der Waals surface area contributed by atoms with Crippen LogP contribution in [0.3, 0.4) is 0 Å². The molecule has 8 nitrogen and oxygen atoms in total. The molecule has 2 aliphatic rings. The van der Waals surface area contributed by atoms with Crippen LogP contribution in [0.25, 0.3) is 0 Å². The average Bonchev–Trinajstić information content (AvgIpc) is 3.26. The molecule has 8 heteroatoms. The van der Waals surface area contributed by atoms with Crippen molar-refractivity contribution >= 4 is 17.5 Å². The molecule has 4 rings (SSSR count). The van der Waals surface area contributed by atoms with Crippen LogP contribution in [0.1, 0.15) is 62.4 Å². The predicted molar refractivity (Wildman–Crippen MR) is 121 cm³/mol. The van der Waals surface area contributed by atoms with Crippen molar-refractivity contribution in [3.05, 3.63) is 41.1 Å². The maximum atomic E-state index is 12.8. The molecule has 0 saturated carbocycles. The normalized spacial score (nSPS) is 18.7. The van der Waals surface area contributed by atoms with E-state index in [4.69, 9.17) is 10.5 Å². The van der Waals surface area contributed by atoms with Crippen molar-refractivity contribution in [1.29, 1.82) is 0 Å². The van der Waals surface area contributed by atoms with Crippen molar-refractivity contribution < 1.29 is 9.53 Å². The average molecular weight is 425 g/mol. The van der Waals surface area contributed by atoms with Gasteiger partial charge in [-0.15, -0.1) is 0 Å². The number of benzene rings is 1. The minimum atomic E-state index is -0.246. The topological polar surface area (TPSA) is 96.6 Å². The second-order valence-corrected chi connectivity index (χ2v) is 8.39. The first-order valence-corrected chi connectivity index (χ1v) is 11.2. The number of nitrogens with two attached hydrogens (primary N) is 1. The fourth-order valence-corrected chi connectivity index (χ4v) is 4.21. The molecular formula is C23H32N6O2. The molecule has 3 N–H and O–H groups in total. The van der Waals surface area contributed by atoms with E-state index in [-0.39, 0.29) is 23.9 Å². The molecule has 1 aromatic carbocycles. The molecule has 3 heterocycles. The third-order valence-electron chi connectivity index (χ3n) is 5.98. The fraction of sp³-hybridized carbons (Fsp3) is 0.522. The first-order valence-electron chi connectivity index (χ1n) is 11.2. The highest BCUT2D eigenvalue weighted by Crippen LogP contribution is 2.36. The van der Waals surface area contributed by atoms with Crippen LogP contribution >= 0.6 is 0 Å². The third-order valence-corrected chi connectivity index (χ3v) is 5.98. The number of urea groups is 1. The molecule has 0 bridgehead atoms. The van der Waals surface area contributed by atoms with Gasteiger partial charge in [0, 0.05) is 13.1 Å². The number of aromatic nitrogens is 2. The van der Waals surface area contributed by atoms with Gasteiger partial charge in [0.2, 0.25) is 0 Å². The number of hydrogen-bond acceptors (Lipinski definition) is 6. The number of nitrogens with one attached hydrogen (secondary N) is 1. The number of carbonyl (C=O) groups excluding carboxylic acids is 1. The van der Waals surface area contributed by atoms with Gasteiger partial charge in [-0.05, 0) is 50.4 Å². The van der Waals surface area contributed by atoms with E-state index < -0.39 is 0 Å². The summed E-state index contributed by atoms with van der Waals surface area (Å²) in [6.45, 7) is 8.39. The van der Waals surface area contributed by atoms with Crippen LogP contribution in [0.4, 0.5) is 16.3 Å². The molecule has 2 aliphatic heterocycles. The van der Waals surface area contributed by atoms with Crippen LogP contribution in [0.5, 0.6) is 6.01 Å². The molecule has 166 valence electrons. The van der Waals surface area contributed by atoms with E-state index in [0.29, 0.717) is 24.5 Å². The van der Waals surface area contributed by atoms with Gasteiger partial charge in [-0.1, -0.05) is 37.6 Å². The Labute approximate surface area is 183 Å². The molecule has 31 heavy (non-hydrogen) atoms. The number of likely N-dealkylation sites (tertiary alicyclic amines) is 1. The maximum Gasteiger partial charge on any atom is 0.322 e. The Morgan fingerprint density at radius 1 is 1.19 bits per heavy atom. The highest BCUT2D eigenvalue weighted by Gasteiger charge is 2.33. The first-order chi connectivity index (χ1) is 15.0.